The smallest absolute Gasteiger partial charge is 0.162 e. The Morgan fingerprint density at radius 2 is 1.92 bits per heavy atom. The summed E-state index contributed by atoms with van der Waals surface area (Å²) in [5, 5.41) is 3.15. The van der Waals surface area contributed by atoms with E-state index in [1.54, 1.807) is 11.3 Å². The maximum absolute atomic E-state index is 6.43. The van der Waals surface area contributed by atoms with E-state index in [9.17, 15) is 0 Å². The van der Waals surface area contributed by atoms with E-state index in [-0.39, 0.29) is 6.04 Å². The lowest BCUT2D eigenvalue weighted by Gasteiger charge is -2.23. The Morgan fingerprint density at radius 3 is 2.75 bits per heavy atom. The maximum atomic E-state index is 6.43. The number of benzene rings is 1. The van der Waals surface area contributed by atoms with Crippen LogP contribution in [0.4, 0.5) is 0 Å². The van der Waals surface area contributed by atoms with Gasteiger partial charge in [-0.1, -0.05) is 32.1 Å². The van der Waals surface area contributed by atoms with E-state index < -0.39 is 0 Å². The van der Waals surface area contributed by atoms with E-state index in [0.29, 0.717) is 13.2 Å². The van der Waals surface area contributed by atoms with Crippen molar-refractivity contribution < 1.29 is 9.47 Å². The molecule has 1 saturated carbocycles. The molecule has 1 aliphatic carbocycles. The molecular formula is C19H24N2O2S. The molecule has 0 spiro atoms. The number of aromatic nitrogens is 1. The van der Waals surface area contributed by atoms with Gasteiger partial charge < -0.3 is 15.2 Å². The summed E-state index contributed by atoms with van der Waals surface area (Å²) >= 11 is 1.67. The van der Waals surface area contributed by atoms with Crippen molar-refractivity contribution in [2.24, 2.45) is 11.7 Å². The molecule has 4 nitrogen and oxygen atoms in total. The van der Waals surface area contributed by atoms with E-state index in [1.807, 2.05) is 18.2 Å². The number of ether oxygens (including phenoxy) is 2. The van der Waals surface area contributed by atoms with Gasteiger partial charge >= 0.3 is 0 Å². The molecule has 1 aromatic heterocycles. The highest BCUT2D eigenvalue weighted by Gasteiger charge is 2.20. The van der Waals surface area contributed by atoms with Gasteiger partial charge in [-0.3, -0.25) is 0 Å². The zero-order chi connectivity index (χ0) is 16.4. The van der Waals surface area contributed by atoms with Crippen LogP contribution in [0.2, 0.25) is 0 Å². The van der Waals surface area contributed by atoms with Crippen molar-refractivity contribution in [1.82, 2.24) is 4.98 Å². The van der Waals surface area contributed by atoms with Crippen LogP contribution in [0.5, 0.6) is 11.5 Å². The molecule has 24 heavy (non-hydrogen) atoms. The Labute approximate surface area is 147 Å². The van der Waals surface area contributed by atoms with Crippen LogP contribution < -0.4 is 15.2 Å². The summed E-state index contributed by atoms with van der Waals surface area (Å²) in [5.74, 6) is 2.39. The molecule has 0 radical (unpaired) electrons. The number of nitrogens with two attached hydrogens (primary N) is 1. The van der Waals surface area contributed by atoms with Crippen LogP contribution in [-0.4, -0.2) is 18.2 Å². The molecule has 1 fully saturated rings. The first-order valence-electron chi connectivity index (χ1n) is 8.90. The van der Waals surface area contributed by atoms with Crippen molar-refractivity contribution in [3.8, 4) is 22.8 Å². The molecular weight excluding hydrogens is 320 g/mol. The van der Waals surface area contributed by atoms with E-state index in [2.05, 4.69) is 5.38 Å². The number of nitrogens with zero attached hydrogens (tertiary/aromatic N) is 1. The van der Waals surface area contributed by atoms with Gasteiger partial charge in [0.15, 0.2) is 11.5 Å². The lowest BCUT2D eigenvalue weighted by Crippen LogP contribution is -2.17. The lowest BCUT2D eigenvalue weighted by atomic mass is 9.85. The van der Waals surface area contributed by atoms with E-state index in [0.717, 1.165) is 40.1 Å². The summed E-state index contributed by atoms with van der Waals surface area (Å²) in [6.07, 6.45) is 7.82. The van der Waals surface area contributed by atoms with Crippen molar-refractivity contribution >= 4 is 11.3 Å². The Hall–Kier alpha value is -1.59. The zero-order valence-corrected chi connectivity index (χ0v) is 14.7. The van der Waals surface area contributed by atoms with Crippen molar-refractivity contribution in [2.45, 2.75) is 44.6 Å². The van der Waals surface area contributed by atoms with Crippen molar-refractivity contribution in [1.29, 1.82) is 0 Å². The lowest BCUT2D eigenvalue weighted by molar-refractivity contribution is 0.171. The Kier molecular flexibility index (Phi) is 4.72. The summed E-state index contributed by atoms with van der Waals surface area (Å²) in [6.45, 7) is 1.22. The van der Waals surface area contributed by atoms with Crippen LogP contribution in [0.15, 0.2) is 23.6 Å². The first-order chi connectivity index (χ1) is 11.8. The third kappa shape index (κ3) is 3.42. The number of hydrogen-bond donors (Lipinski definition) is 1. The number of thiazole rings is 1. The minimum absolute atomic E-state index is 0.0593. The summed E-state index contributed by atoms with van der Waals surface area (Å²) in [4.78, 5) is 4.79. The van der Waals surface area contributed by atoms with Crippen molar-refractivity contribution in [3.05, 3.63) is 28.6 Å². The molecule has 1 aromatic carbocycles. The van der Waals surface area contributed by atoms with Gasteiger partial charge in [0, 0.05) is 10.9 Å². The van der Waals surface area contributed by atoms with Crippen molar-refractivity contribution in [2.75, 3.05) is 13.2 Å². The van der Waals surface area contributed by atoms with Gasteiger partial charge in [-0.15, -0.1) is 11.3 Å². The van der Waals surface area contributed by atoms with Gasteiger partial charge in [0.2, 0.25) is 0 Å². The minimum Gasteiger partial charge on any atom is -0.486 e. The largest absolute Gasteiger partial charge is 0.486 e. The second kappa shape index (κ2) is 7.11. The van der Waals surface area contributed by atoms with Crippen LogP contribution in [0.1, 0.15) is 49.6 Å². The van der Waals surface area contributed by atoms with Crippen LogP contribution in [-0.2, 0) is 0 Å². The zero-order valence-electron chi connectivity index (χ0n) is 13.9. The van der Waals surface area contributed by atoms with Gasteiger partial charge in [0.25, 0.3) is 0 Å². The number of rotatable bonds is 4. The predicted octanol–water partition coefficient (Wildman–Crippen LogP) is 4.55. The first-order valence-corrected chi connectivity index (χ1v) is 9.78. The average Bonchev–Trinajstić information content (AvgIpc) is 3.12. The summed E-state index contributed by atoms with van der Waals surface area (Å²) in [7, 11) is 0. The molecule has 1 unspecified atom stereocenters. The van der Waals surface area contributed by atoms with E-state index in [1.165, 1.54) is 32.1 Å². The van der Waals surface area contributed by atoms with Crippen LogP contribution >= 0.6 is 11.3 Å². The van der Waals surface area contributed by atoms with E-state index >= 15 is 0 Å². The number of fused-ring (bicyclic) bond motifs is 1. The summed E-state index contributed by atoms with van der Waals surface area (Å²) < 4.78 is 11.2. The molecule has 0 amide bonds. The Balaban J connectivity index is 1.47. The predicted molar refractivity (Wildman–Crippen MR) is 96.7 cm³/mol. The average molecular weight is 344 g/mol. The highest BCUT2D eigenvalue weighted by Crippen LogP contribution is 2.36. The molecule has 2 heterocycles. The van der Waals surface area contributed by atoms with Crippen LogP contribution in [0.3, 0.4) is 0 Å². The first kappa shape index (κ1) is 15.9. The highest BCUT2D eigenvalue weighted by atomic mass is 32.1. The van der Waals surface area contributed by atoms with Gasteiger partial charge in [-0.2, -0.15) is 0 Å². The third-order valence-corrected chi connectivity index (χ3v) is 5.97. The molecule has 128 valence electrons. The topological polar surface area (TPSA) is 57.4 Å². The molecule has 4 rings (SSSR count). The molecule has 1 aliphatic heterocycles. The molecule has 1 atom stereocenters. The number of hydrogen-bond acceptors (Lipinski definition) is 5. The van der Waals surface area contributed by atoms with Gasteiger partial charge in [-0.05, 0) is 30.5 Å². The van der Waals surface area contributed by atoms with Gasteiger partial charge in [-0.25, -0.2) is 4.98 Å². The summed E-state index contributed by atoms with van der Waals surface area (Å²) in [5.41, 5.74) is 8.47. The second-order valence-corrected chi connectivity index (χ2v) is 7.67. The monoisotopic (exact) mass is 344 g/mol. The summed E-state index contributed by atoms with van der Waals surface area (Å²) in [6, 6.07) is 6.08. The maximum Gasteiger partial charge on any atom is 0.162 e. The molecule has 2 aliphatic rings. The molecule has 0 bridgehead atoms. The molecule has 5 heteroatoms. The van der Waals surface area contributed by atoms with Crippen molar-refractivity contribution in [3.63, 3.8) is 0 Å². The molecule has 2 aromatic rings. The van der Waals surface area contributed by atoms with Gasteiger partial charge in [0.1, 0.15) is 18.2 Å². The SMILES string of the molecule is NC(CC1CCCCC1)c1nc(-c2ccc3c(c2)OCCO3)cs1. The third-order valence-electron chi connectivity index (χ3n) is 4.99. The van der Waals surface area contributed by atoms with E-state index in [4.69, 9.17) is 20.2 Å². The fraction of sp³-hybridized carbons (Fsp3) is 0.526. The Bertz CT molecular complexity index is 694. The second-order valence-electron chi connectivity index (χ2n) is 6.78. The highest BCUT2D eigenvalue weighted by molar-refractivity contribution is 7.10. The fourth-order valence-corrected chi connectivity index (χ4v) is 4.52. The molecule has 2 N–H and O–H groups in total. The normalized spacial score (nSPS) is 19.2. The fourth-order valence-electron chi connectivity index (χ4n) is 3.68. The van der Waals surface area contributed by atoms with Crippen LogP contribution in [0, 0.1) is 5.92 Å². The van der Waals surface area contributed by atoms with Gasteiger partial charge in [0.05, 0.1) is 11.7 Å². The van der Waals surface area contributed by atoms with Crippen LogP contribution in [0.25, 0.3) is 11.3 Å². The minimum atomic E-state index is 0.0593. The standard InChI is InChI=1S/C19H24N2O2S/c20-15(10-13-4-2-1-3-5-13)19-21-16(12-24-19)14-6-7-17-18(11-14)23-9-8-22-17/h6-7,11-13,15H,1-5,8-10,20H2. The quantitative estimate of drug-likeness (QED) is 0.884. The molecule has 0 saturated heterocycles. The Morgan fingerprint density at radius 1 is 1.12 bits per heavy atom.